The van der Waals surface area contributed by atoms with Gasteiger partial charge in [-0.2, -0.15) is 0 Å². The van der Waals surface area contributed by atoms with E-state index in [2.05, 4.69) is 6.92 Å². The van der Waals surface area contributed by atoms with Crippen LogP contribution in [0, 0.1) is 5.92 Å². The lowest BCUT2D eigenvalue weighted by Crippen LogP contribution is -2.47. The van der Waals surface area contributed by atoms with Crippen LogP contribution in [0.2, 0.25) is 0 Å². The molecule has 0 spiro atoms. The molecule has 0 bridgehead atoms. The highest BCUT2D eigenvalue weighted by Crippen LogP contribution is 2.26. The first kappa shape index (κ1) is 9.44. The molecule has 1 aliphatic carbocycles. The first-order valence-corrected chi connectivity index (χ1v) is 5.24. The van der Waals surface area contributed by atoms with Crippen LogP contribution in [-0.4, -0.2) is 31.5 Å². The average molecular weight is 185 g/mol. The lowest BCUT2D eigenvalue weighted by Gasteiger charge is -2.37. The molecule has 2 N–H and O–H groups in total. The molecule has 2 aliphatic rings. The van der Waals surface area contributed by atoms with E-state index in [1.807, 2.05) is 0 Å². The Hall–Kier alpha value is -0.120. The van der Waals surface area contributed by atoms with Gasteiger partial charge in [0, 0.05) is 6.04 Å². The zero-order valence-corrected chi connectivity index (χ0v) is 8.24. The molecule has 0 aromatic carbocycles. The average Bonchev–Trinajstić information content (AvgIpc) is 2.03. The molecule has 1 aliphatic heterocycles. The van der Waals surface area contributed by atoms with E-state index in [0.717, 1.165) is 32.0 Å². The summed E-state index contributed by atoms with van der Waals surface area (Å²) in [5.74, 6) is 0.769. The Morgan fingerprint density at radius 3 is 2.69 bits per heavy atom. The van der Waals surface area contributed by atoms with Crippen molar-refractivity contribution in [2.24, 2.45) is 11.7 Å². The minimum Gasteiger partial charge on any atom is -0.376 e. The van der Waals surface area contributed by atoms with Crippen molar-refractivity contribution in [3.05, 3.63) is 0 Å². The van der Waals surface area contributed by atoms with E-state index in [-0.39, 0.29) is 12.1 Å². The number of rotatable bonds is 2. The van der Waals surface area contributed by atoms with Gasteiger partial charge in [-0.05, 0) is 25.2 Å². The number of hydrogen-bond donors (Lipinski definition) is 1. The van der Waals surface area contributed by atoms with Crippen molar-refractivity contribution in [2.75, 3.05) is 13.2 Å². The summed E-state index contributed by atoms with van der Waals surface area (Å²) < 4.78 is 10.9. The molecule has 3 nitrogen and oxygen atoms in total. The van der Waals surface area contributed by atoms with Crippen molar-refractivity contribution in [1.29, 1.82) is 0 Å². The first-order valence-electron chi connectivity index (χ1n) is 5.24. The molecule has 76 valence electrons. The second-order valence-electron chi connectivity index (χ2n) is 4.42. The Labute approximate surface area is 79.6 Å². The van der Waals surface area contributed by atoms with Gasteiger partial charge in [-0.25, -0.2) is 0 Å². The Morgan fingerprint density at radius 2 is 2.08 bits per heavy atom. The molecule has 1 saturated carbocycles. The van der Waals surface area contributed by atoms with Gasteiger partial charge in [0.1, 0.15) is 6.10 Å². The van der Waals surface area contributed by atoms with Crippen molar-refractivity contribution in [2.45, 2.75) is 44.4 Å². The maximum atomic E-state index is 6.00. The van der Waals surface area contributed by atoms with Gasteiger partial charge in [0.05, 0.1) is 19.3 Å². The van der Waals surface area contributed by atoms with Crippen LogP contribution < -0.4 is 5.73 Å². The summed E-state index contributed by atoms with van der Waals surface area (Å²) in [5.41, 5.74) is 6.00. The second-order valence-corrected chi connectivity index (χ2v) is 4.42. The molecule has 0 radical (unpaired) electrons. The molecule has 3 heteroatoms. The first-order chi connectivity index (χ1) is 6.25. The zero-order chi connectivity index (χ0) is 9.26. The summed E-state index contributed by atoms with van der Waals surface area (Å²) in [6.07, 6.45) is 4.08. The smallest absolute Gasteiger partial charge is 0.105 e. The summed E-state index contributed by atoms with van der Waals surface area (Å²) in [6, 6.07) is 0.247. The van der Waals surface area contributed by atoms with Crippen molar-refractivity contribution in [3.8, 4) is 0 Å². The molecule has 2 rings (SSSR count). The number of hydrogen-bond acceptors (Lipinski definition) is 3. The van der Waals surface area contributed by atoms with E-state index in [4.69, 9.17) is 15.2 Å². The predicted octanol–water partition coefficient (Wildman–Crippen LogP) is 0.918. The van der Waals surface area contributed by atoms with Gasteiger partial charge in [0.15, 0.2) is 0 Å². The molecule has 2 fully saturated rings. The Bertz CT molecular complexity index is 170. The van der Waals surface area contributed by atoms with Gasteiger partial charge in [0.25, 0.3) is 0 Å². The summed E-state index contributed by atoms with van der Waals surface area (Å²) in [7, 11) is 0. The van der Waals surface area contributed by atoms with E-state index < -0.39 is 0 Å². The highest BCUT2D eigenvalue weighted by Gasteiger charge is 2.31. The lowest BCUT2D eigenvalue weighted by molar-refractivity contribution is -0.166. The van der Waals surface area contributed by atoms with Gasteiger partial charge >= 0.3 is 0 Å². The third-order valence-corrected chi connectivity index (χ3v) is 3.08. The van der Waals surface area contributed by atoms with Gasteiger partial charge in [0.2, 0.25) is 0 Å². The lowest BCUT2D eigenvalue weighted by atomic mass is 9.85. The van der Waals surface area contributed by atoms with Gasteiger partial charge in [-0.15, -0.1) is 0 Å². The largest absolute Gasteiger partial charge is 0.376 e. The Kier molecular flexibility index (Phi) is 2.86. The molecule has 0 aromatic heterocycles. The topological polar surface area (TPSA) is 44.5 Å². The van der Waals surface area contributed by atoms with Crippen LogP contribution in [0.25, 0.3) is 0 Å². The molecule has 0 aromatic rings. The highest BCUT2D eigenvalue weighted by molar-refractivity contribution is 4.83. The summed E-state index contributed by atoms with van der Waals surface area (Å²) in [4.78, 5) is 0. The van der Waals surface area contributed by atoms with E-state index in [1.165, 1.54) is 6.42 Å². The van der Waals surface area contributed by atoms with Crippen molar-refractivity contribution in [1.82, 2.24) is 0 Å². The van der Waals surface area contributed by atoms with Crippen LogP contribution in [0.1, 0.15) is 26.2 Å². The quantitative estimate of drug-likeness (QED) is 0.695. The van der Waals surface area contributed by atoms with Crippen LogP contribution in [0.4, 0.5) is 0 Å². The fourth-order valence-electron chi connectivity index (χ4n) is 2.05. The highest BCUT2D eigenvalue weighted by atomic mass is 16.6. The zero-order valence-electron chi connectivity index (χ0n) is 8.24. The minimum absolute atomic E-state index is 0.247. The SMILES string of the molecule is CC1CCC(N)C(OC2COC2)C1. The second kappa shape index (κ2) is 3.95. The van der Waals surface area contributed by atoms with Gasteiger partial charge < -0.3 is 15.2 Å². The van der Waals surface area contributed by atoms with E-state index in [1.54, 1.807) is 0 Å². The van der Waals surface area contributed by atoms with Crippen LogP contribution in [-0.2, 0) is 9.47 Å². The van der Waals surface area contributed by atoms with Gasteiger partial charge in [-0.1, -0.05) is 6.92 Å². The molecular weight excluding hydrogens is 166 g/mol. The van der Waals surface area contributed by atoms with E-state index in [9.17, 15) is 0 Å². The summed E-state index contributed by atoms with van der Waals surface area (Å²) >= 11 is 0. The van der Waals surface area contributed by atoms with Crippen LogP contribution in [0.15, 0.2) is 0 Å². The number of ether oxygens (including phenoxy) is 2. The molecule has 1 saturated heterocycles. The Morgan fingerprint density at radius 1 is 1.31 bits per heavy atom. The predicted molar refractivity (Wildman–Crippen MR) is 50.5 cm³/mol. The van der Waals surface area contributed by atoms with Crippen molar-refractivity contribution >= 4 is 0 Å². The summed E-state index contributed by atoms with van der Waals surface area (Å²) in [6.45, 7) is 3.80. The third-order valence-electron chi connectivity index (χ3n) is 3.08. The monoisotopic (exact) mass is 185 g/mol. The van der Waals surface area contributed by atoms with Crippen LogP contribution >= 0.6 is 0 Å². The maximum absolute atomic E-state index is 6.00. The van der Waals surface area contributed by atoms with Crippen LogP contribution in [0.3, 0.4) is 0 Å². The molecule has 13 heavy (non-hydrogen) atoms. The van der Waals surface area contributed by atoms with Crippen LogP contribution in [0.5, 0.6) is 0 Å². The van der Waals surface area contributed by atoms with Crippen molar-refractivity contribution in [3.63, 3.8) is 0 Å². The normalized spacial score (nSPS) is 41.5. The third kappa shape index (κ3) is 2.22. The van der Waals surface area contributed by atoms with E-state index in [0.29, 0.717) is 6.10 Å². The number of nitrogens with two attached hydrogens (primary N) is 1. The molecule has 3 unspecified atom stereocenters. The molecular formula is C10H19NO2. The Balaban J connectivity index is 1.80. The minimum atomic E-state index is 0.247. The fourth-order valence-corrected chi connectivity index (χ4v) is 2.05. The molecule has 0 amide bonds. The molecule has 1 heterocycles. The van der Waals surface area contributed by atoms with Crippen molar-refractivity contribution < 1.29 is 9.47 Å². The van der Waals surface area contributed by atoms with Gasteiger partial charge in [-0.3, -0.25) is 0 Å². The molecule has 3 atom stereocenters. The summed E-state index contributed by atoms with van der Waals surface area (Å²) in [5, 5.41) is 0. The standard InChI is InChI=1S/C10H19NO2/c1-7-2-3-9(11)10(4-7)13-8-5-12-6-8/h7-10H,2-6,11H2,1H3. The fraction of sp³-hybridized carbons (Fsp3) is 1.00. The van der Waals surface area contributed by atoms with E-state index >= 15 is 0 Å². The maximum Gasteiger partial charge on any atom is 0.105 e.